The third kappa shape index (κ3) is 3.07. The van der Waals surface area contributed by atoms with E-state index in [0.717, 1.165) is 4.47 Å². The fourth-order valence-electron chi connectivity index (χ4n) is 2.08. The number of amides is 1. The molecule has 1 aliphatic heterocycles. The number of carbonyl (C=O) groups excluding carboxylic acids is 1. The Balaban J connectivity index is 1.55. The number of rotatable bonds is 3. The van der Waals surface area contributed by atoms with Crippen LogP contribution in [-0.2, 0) is 0 Å². The monoisotopic (exact) mass is 358 g/mol. The van der Waals surface area contributed by atoms with Gasteiger partial charge in [0.1, 0.15) is 12.2 Å². The average Bonchev–Trinajstić information content (AvgIpc) is 2.50. The maximum atomic E-state index is 12.2. The molecule has 0 N–H and O–H groups in total. The lowest BCUT2D eigenvalue weighted by atomic mass is 10.1. The number of hydrogen-bond donors (Lipinski definition) is 0. The lowest BCUT2D eigenvalue weighted by Crippen LogP contribution is -2.56. The van der Waals surface area contributed by atoms with E-state index in [0.29, 0.717) is 30.1 Å². The highest BCUT2D eigenvalue weighted by Crippen LogP contribution is 2.19. The number of hydrogen-bond acceptors (Lipinski definition) is 5. The Hall–Kier alpha value is -2.46. The summed E-state index contributed by atoms with van der Waals surface area (Å²) >= 11 is 3.30. The molecule has 1 aliphatic rings. The van der Waals surface area contributed by atoms with Crippen LogP contribution in [0.1, 0.15) is 15.9 Å². The van der Waals surface area contributed by atoms with Crippen LogP contribution in [-0.4, -0.2) is 40.0 Å². The molecule has 1 amide bonds. The van der Waals surface area contributed by atoms with Gasteiger partial charge in [-0.25, -0.2) is 4.98 Å². The minimum absolute atomic E-state index is 0.0681. The van der Waals surface area contributed by atoms with E-state index in [4.69, 9.17) is 10.00 Å². The van der Waals surface area contributed by atoms with E-state index in [-0.39, 0.29) is 12.0 Å². The van der Waals surface area contributed by atoms with Crippen molar-refractivity contribution in [1.82, 2.24) is 14.9 Å². The van der Waals surface area contributed by atoms with Crippen molar-refractivity contribution >= 4 is 21.8 Å². The second-order valence-electron chi connectivity index (χ2n) is 4.84. The van der Waals surface area contributed by atoms with Gasteiger partial charge in [-0.05, 0) is 28.1 Å². The molecule has 6 nitrogen and oxygen atoms in total. The number of nitrogens with zero attached hydrogens (tertiary/aromatic N) is 4. The number of pyridine rings is 2. The van der Waals surface area contributed by atoms with E-state index in [1.807, 2.05) is 6.07 Å². The third-order valence-electron chi connectivity index (χ3n) is 3.24. The van der Waals surface area contributed by atoms with E-state index < -0.39 is 0 Å². The van der Waals surface area contributed by atoms with Gasteiger partial charge in [-0.1, -0.05) is 0 Å². The van der Waals surface area contributed by atoms with Crippen molar-refractivity contribution in [2.24, 2.45) is 0 Å². The molecule has 1 fully saturated rings. The number of ether oxygens (including phenoxy) is 1. The third-order valence-corrected chi connectivity index (χ3v) is 3.67. The molecule has 0 aromatic carbocycles. The zero-order valence-electron chi connectivity index (χ0n) is 11.4. The van der Waals surface area contributed by atoms with E-state index in [1.54, 1.807) is 35.5 Å². The number of carbonyl (C=O) groups is 1. The van der Waals surface area contributed by atoms with Crippen LogP contribution in [0.3, 0.4) is 0 Å². The number of aromatic nitrogens is 2. The van der Waals surface area contributed by atoms with E-state index >= 15 is 0 Å². The zero-order valence-corrected chi connectivity index (χ0v) is 13.0. The molecule has 0 spiro atoms. The molecular weight excluding hydrogens is 348 g/mol. The minimum atomic E-state index is -0.0792. The highest BCUT2D eigenvalue weighted by Gasteiger charge is 2.33. The van der Waals surface area contributed by atoms with Crippen molar-refractivity contribution in [3.63, 3.8) is 0 Å². The fraction of sp³-hybridized carbons (Fsp3) is 0.200. The molecule has 0 atom stereocenters. The first kappa shape index (κ1) is 14.5. The van der Waals surface area contributed by atoms with Gasteiger partial charge in [0.05, 0.1) is 24.2 Å². The molecule has 1 saturated heterocycles. The van der Waals surface area contributed by atoms with Gasteiger partial charge in [0.2, 0.25) is 5.88 Å². The number of halogens is 1. The van der Waals surface area contributed by atoms with E-state index in [2.05, 4.69) is 25.9 Å². The molecule has 7 heteroatoms. The van der Waals surface area contributed by atoms with E-state index in [9.17, 15) is 4.79 Å². The van der Waals surface area contributed by atoms with Crippen LogP contribution in [0.25, 0.3) is 0 Å². The minimum Gasteiger partial charge on any atom is -0.471 e. The summed E-state index contributed by atoms with van der Waals surface area (Å²) in [5.41, 5.74) is 1.03. The van der Waals surface area contributed by atoms with Crippen LogP contribution in [0.2, 0.25) is 0 Å². The maximum Gasteiger partial charge on any atom is 0.255 e. The Morgan fingerprint density at radius 1 is 1.36 bits per heavy atom. The highest BCUT2D eigenvalue weighted by molar-refractivity contribution is 9.10. The van der Waals surface area contributed by atoms with Gasteiger partial charge in [0.15, 0.2) is 0 Å². The van der Waals surface area contributed by atoms with Crippen molar-refractivity contribution in [3.05, 3.63) is 52.4 Å². The topological polar surface area (TPSA) is 79.1 Å². The predicted molar refractivity (Wildman–Crippen MR) is 81.2 cm³/mol. The van der Waals surface area contributed by atoms with Gasteiger partial charge < -0.3 is 9.64 Å². The number of nitriles is 1. The Labute approximate surface area is 135 Å². The van der Waals surface area contributed by atoms with Crippen LogP contribution >= 0.6 is 15.9 Å². The maximum absolute atomic E-state index is 12.2. The molecule has 2 aromatic rings. The Morgan fingerprint density at radius 2 is 2.18 bits per heavy atom. The highest BCUT2D eigenvalue weighted by atomic mass is 79.9. The zero-order chi connectivity index (χ0) is 15.5. The van der Waals surface area contributed by atoms with Crippen molar-refractivity contribution in [3.8, 4) is 11.9 Å². The molecule has 110 valence electrons. The average molecular weight is 359 g/mol. The normalized spacial score (nSPS) is 14.1. The summed E-state index contributed by atoms with van der Waals surface area (Å²) in [4.78, 5) is 21.9. The largest absolute Gasteiger partial charge is 0.471 e. The standard InChI is InChI=1S/C15H11BrN4O2/c16-12-3-11(6-18-7-12)15(21)20-8-13(9-20)22-14-2-1-10(4-17)5-19-14/h1-3,5-7,13H,8-9H2. The van der Waals surface area contributed by atoms with Crippen LogP contribution in [0.15, 0.2) is 41.3 Å². The van der Waals surface area contributed by atoms with Crippen molar-refractivity contribution in [2.45, 2.75) is 6.10 Å². The summed E-state index contributed by atoms with van der Waals surface area (Å²) in [7, 11) is 0. The summed E-state index contributed by atoms with van der Waals surface area (Å²) in [5.74, 6) is 0.390. The molecule has 3 heterocycles. The van der Waals surface area contributed by atoms with Crippen LogP contribution in [0.5, 0.6) is 5.88 Å². The summed E-state index contributed by atoms with van der Waals surface area (Å²) < 4.78 is 6.42. The summed E-state index contributed by atoms with van der Waals surface area (Å²) in [6, 6.07) is 7.05. The Kier molecular flexibility index (Phi) is 4.02. The molecule has 0 radical (unpaired) electrons. The van der Waals surface area contributed by atoms with Crippen molar-refractivity contribution in [1.29, 1.82) is 5.26 Å². The molecule has 3 rings (SSSR count). The van der Waals surface area contributed by atoms with Crippen molar-refractivity contribution in [2.75, 3.05) is 13.1 Å². The van der Waals surface area contributed by atoms with Crippen LogP contribution < -0.4 is 4.74 Å². The van der Waals surface area contributed by atoms with Gasteiger partial charge in [-0.15, -0.1) is 0 Å². The smallest absolute Gasteiger partial charge is 0.255 e. The lowest BCUT2D eigenvalue weighted by Gasteiger charge is -2.38. The summed E-state index contributed by atoms with van der Waals surface area (Å²) in [6.45, 7) is 1.01. The molecule has 0 bridgehead atoms. The van der Waals surface area contributed by atoms with Gasteiger partial charge in [-0.3, -0.25) is 9.78 Å². The van der Waals surface area contributed by atoms with Crippen molar-refractivity contribution < 1.29 is 9.53 Å². The first-order valence-electron chi connectivity index (χ1n) is 6.58. The van der Waals surface area contributed by atoms with Gasteiger partial charge in [0.25, 0.3) is 5.91 Å². The SMILES string of the molecule is N#Cc1ccc(OC2CN(C(=O)c3cncc(Br)c3)C2)nc1. The molecule has 0 unspecified atom stereocenters. The Bertz CT molecular complexity index is 736. The molecule has 2 aromatic heterocycles. The van der Waals surface area contributed by atoms with Gasteiger partial charge in [0, 0.05) is 29.1 Å². The first-order valence-corrected chi connectivity index (χ1v) is 7.37. The fourth-order valence-corrected chi connectivity index (χ4v) is 2.44. The second kappa shape index (κ2) is 6.12. The van der Waals surface area contributed by atoms with Crippen LogP contribution in [0, 0.1) is 11.3 Å². The van der Waals surface area contributed by atoms with Crippen LogP contribution in [0.4, 0.5) is 0 Å². The quantitative estimate of drug-likeness (QED) is 0.838. The molecular formula is C15H11BrN4O2. The van der Waals surface area contributed by atoms with Gasteiger partial charge in [-0.2, -0.15) is 5.26 Å². The summed E-state index contributed by atoms with van der Waals surface area (Å²) in [6.07, 6.45) is 4.56. The number of likely N-dealkylation sites (tertiary alicyclic amines) is 1. The van der Waals surface area contributed by atoms with Gasteiger partial charge >= 0.3 is 0 Å². The lowest BCUT2D eigenvalue weighted by molar-refractivity contribution is 0.0160. The summed E-state index contributed by atoms with van der Waals surface area (Å²) in [5, 5.41) is 8.71. The Morgan fingerprint density at radius 3 is 2.82 bits per heavy atom. The second-order valence-corrected chi connectivity index (χ2v) is 5.75. The van der Waals surface area contributed by atoms with E-state index in [1.165, 1.54) is 6.20 Å². The predicted octanol–water partition coefficient (Wildman–Crippen LogP) is 2.01. The molecule has 0 saturated carbocycles. The first-order chi connectivity index (χ1) is 10.7. The molecule has 0 aliphatic carbocycles. The molecule has 22 heavy (non-hydrogen) atoms.